The van der Waals surface area contributed by atoms with Crippen LogP contribution in [-0.4, -0.2) is 13.1 Å². The van der Waals surface area contributed by atoms with Gasteiger partial charge in [-0.2, -0.15) is 5.26 Å². The molecule has 0 saturated heterocycles. The molecule has 17 heavy (non-hydrogen) atoms. The lowest BCUT2D eigenvalue weighted by Crippen LogP contribution is -2.06. The summed E-state index contributed by atoms with van der Waals surface area (Å²) < 4.78 is 30.1. The first-order valence-electron chi connectivity index (χ1n) is 4.98. The van der Waals surface area contributed by atoms with Crippen LogP contribution in [0.5, 0.6) is 0 Å². The van der Waals surface area contributed by atoms with Crippen molar-refractivity contribution in [3.63, 3.8) is 0 Å². The Labute approximate surface area is 97.6 Å². The van der Waals surface area contributed by atoms with Crippen LogP contribution in [0.1, 0.15) is 40.4 Å². The molecule has 0 unspecified atom stereocenters. The van der Waals surface area contributed by atoms with Gasteiger partial charge in [0.05, 0.1) is 24.3 Å². The minimum absolute atomic E-state index is 0.0310. The zero-order valence-corrected chi connectivity index (χ0v) is 9.46. The summed E-state index contributed by atoms with van der Waals surface area (Å²) in [5, 5.41) is 8.89. The first-order chi connectivity index (χ1) is 8.04. The van der Waals surface area contributed by atoms with Crippen molar-refractivity contribution >= 4 is 5.97 Å². The molecule has 0 spiro atoms. The Balaban J connectivity index is 3.47. The molecule has 0 atom stereocenters. The molecule has 0 fully saturated rings. The highest BCUT2D eigenvalue weighted by Crippen LogP contribution is 2.27. The summed E-state index contributed by atoms with van der Waals surface area (Å²) in [4.78, 5) is 11.3. The molecule has 0 amide bonds. The van der Waals surface area contributed by atoms with Gasteiger partial charge in [0, 0.05) is 5.56 Å². The van der Waals surface area contributed by atoms with Crippen LogP contribution in [0.15, 0.2) is 12.1 Å². The van der Waals surface area contributed by atoms with Gasteiger partial charge >= 0.3 is 5.97 Å². The molecule has 0 aliphatic rings. The molecule has 3 nitrogen and oxygen atoms in total. The van der Waals surface area contributed by atoms with Gasteiger partial charge in [0.2, 0.25) is 0 Å². The summed E-state index contributed by atoms with van der Waals surface area (Å²) in [7, 11) is 1.16. The fraction of sp³-hybridized carbons (Fsp3) is 0.333. The maximum Gasteiger partial charge on any atom is 0.337 e. The number of benzene rings is 1. The molecule has 1 aromatic rings. The van der Waals surface area contributed by atoms with Gasteiger partial charge in [0.25, 0.3) is 6.43 Å². The van der Waals surface area contributed by atoms with Crippen molar-refractivity contribution in [2.24, 2.45) is 0 Å². The fourth-order valence-corrected chi connectivity index (χ4v) is 1.62. The van der Waals surface area contributed by atoms with Crippen LogP contribution in [0.4, 0.5) is 8.78 Å². The Morgan fingerprint density at radius 1 is 1.53 bits per heavy atom. The Bertz CT molecular complexity index is 478. The van der Waals surface area contributed by atoms with Crippen molar-refractivity contribution in [3.05, 3.63) is 34.4 Å². The SMILES string of the molecule is CCc1c(C#N)cc(C(=O)OC)cc1C(F)F. The normalized spacial score (nSPS) is 10.1. The van der Waals surface area contributed by atoms with Crippen LogP contribution >= 0.6 is 0 Å². The van der Waals surface area contributed by atoms with E-state index < -0.39 is 12.4 Å². The predicted molar refractivity (Wildman–Crippen MR) is 56.8 cm³/mol. The number of methoxy groups -OCH3 is 1. The van der Waals surface area contributed by atoms with E-state index in [-0.39, 0.29) is 22.3 Å². The molecule has 1 aromatic carbocycles. The van der Waals surface area contributed by atoms with E-state index in [0.717, 1.165) is 13.2 Å². The fourth-order valence-electron chi connectivity index (χ4n) is 1.62. The number of halogens is 2. The quantitative estimate of drug-likeness (QED) is 0.762. The number of nitrogens with zero attached hydrogens (tertiary/aromatic N) is 1. The topological polar surface area (TPSA) is 50.1 Å². The molecule has 0 radical (unpaired) electrons. The zero-order valence-electron chi connectivity index (χ0n) is 9.46. The number of hydrogen-bond acceptors (Lipinski definition) is 3. The molecule has 90 valence electrons. The molecule has 1 rings (SSSR count). The summed E-state index contributed by atoms with van der Waals surface area (Å²) >= 11 is 0. The number of alkyl halides is 2. The minimum Gasteiger partial charge on any atom is -0.465 e. The second kappa shape index (κ2) is 5.39. The average Bonchev–Trinajstić information content (AvgIpc) is 2.35. The first-order valence-corrected chi connectivity index (χ1v) is 4.98. The first kappa shape index (κ1) is 13.1. The van der Waals surface area contributed by atoms with Gasteiger partial charge in [-0.1, -0.05) is 6.92 Å². The van der Waals surface area contributed by atoms with Crippen molar-refractivity contribution in [1.29, 1.82) is 5.26 Å². The Hall–Kier alpha value is -1.96. The highest BCUT2D eigenvalue weighted by Gasteiger charge is 2.19. The number of esters is 1. The number of carbonyl (C=O) groups is 1. The van der Waals surface area contributed by atoms with Gasteiger partial charge in [0.15, 0.2) is 0 Å². The highest BCUT2D eigenvalue weighted by atomic mass is 19.3. The van der Waals surface area contributed by atoms with Crippen molar-refractivity contribution in [3.8, 4) is 6.07 Å². The molecule has 0 saturated carbocycles. The van der Waals surface area contributed by atoms with Gasteiger partial charge < -0.3 is 4.74 Å². The standard InChI is InChI=1S/C12H11F2NO2/c1-3-9-8(6-15)4-7(12(16)17-2)5-10(9)11(13)14/h4-5,11H,3H2,1-2H3. The van der Waals surface area contributed by atoms with E-state index in [2.05, 4.69) is 4.74 Å². The van der Waals surface area contributed by atoms with Crippen LogP contribution in [0.25, 0.3) is 0 Å². The average molecular weight is 239 g/mol. The summed E-state index contributed by atoms with van der Waals surface area (Å²) in [5.41, 5.74) is 0.0457. The molecule has 0 N–H and O–H groups in total. The molecule has 5 heteroatoms. The second-order valence-corrected chi connectivity index (χ2v) is 3.35. The van der Waals surface area contributed by atoms with Crippen LogP contribution in [0.2, 0.25) is 0 Å². The molecule has 0 aromatic heterocycles. The Morgan fingerprint density at radius 3 is 2.59 bits per heavy atom. The zero-order chi connectivity index (χ0) is 13.0. The summed E-state index contributed by atoms with van der Waals surface area (Å²) in [6.07, 6.45) is -2.41. The van der Waals surface area contributed by atoms with Gasteiger partial charge in [-0.3, -0.25) is 0 Å². The molecular weight excluding hydrogens is 228 g/mol. The van der Waals surface area contributed by atoms with Crippen LogP contribution in [0.3, 0.4) is 0 Å². The second-order valence-electron chi connectivity index (χ2n) is 3.35. The number of ether oxygens (including phenoxy) is 1. The van der Waals surface area contributed by atoms with Crippen molar-refractivity contribution in [2.45, 2.75) is 19.8 Å². The molecule has 0 aliphatic carbocycles. The number of hydrogen-bond donors (Lipinski definition) is 0. The maximum absolute atomic E-state index is 12.8. The lowest BCUT2D eigenvalue weighted by Gasteiger charge is -2.11. The van der Waals surface area contributed by atoms with Crippen LogP contribution in [0, 0.1) is 11.3 Å². The van der Waals surface area contributed by atoms with Crippen LogP contribution in [-0.2, 0) is 11.2 Å². The largest absolute Gasteiger partial charge is 0.465 e. The van der Waals surface area contributed by atoms with E-state index in [0.29, 0.717) is 6.42 Å². The number of rotatable bonds is 3. The lowest BCUT2D eigenvalue weighted by molar-refractivity contribution is 0.0600. The molecule has 0 bridgehead atoms. The summed E-state index contributed by atoms with van der Waals surface area (Å²) in [6, 6.07) is 4.17. The molecule has 0 heterocycles. The third-order valence-corrected chi connectivity index (χ3v) is 2.41. The summed E-state index contributed by atoms with van der Waals surface area (Å²) in [6.45, 7) is 1.68. The highest BCUT2D eigenvalue weighted by molar-refractivity contribution is 5.90. The third-order valence-electron chi connectivity index (χ3n) is 2.41. The van der Waals surface area contributed by atoms with Crippen molar-refractivity contribution < 1.29 is 18.3 Å². The monoisotopic (exact) mass is 239 g/mol. The summed E-state index contributed by atoms with van der Waals surface area (Å²) in [5.74, 6) is -0.731. The van der Waals surface area contributed by atoms with Crippen LogP contribution < -0.4 is 0 Å². The van der Waals surface area contributed by atoms with Gasteiger partial charge in [0.1, 0.15) is 0 Å². The Kier molecular flexibility index (Phi) is 4.16. The smallest absolute Gasteiger partial charge is 0.337 e. The minimum atomic E-state index is -2.72. The van der Waals surface area contributed by atoms with E-state index >= 15 is 0 Å². The van der Waals surface area contributed by atoms with E-state index in [1.54, 1.807) is 6.92 Å². The predicted octanol–water partition coefficient (Wildman–Crippen LogP) is 2.84. The van der Waals surface area contributed by atoms with Crippen molar-refractivity contribution in [1.82, 2.24) is 0 Å². The van der Waals surface area contributed by atoms with Gasteiger partial charge in [-0.15, -0.1) is 0 Å². The molecule has 0 aliphatic heterocycles. The van der Waals surface area contributed by atoms with E-state index in [4.69, 9.17) is 5.26 Å². The Morgan fingerprint density at radius 2 is 2.18 bits per heavy atom. The van der Waals surface area contributed by atoms with E-state index in [9.17, 15) is 13.6 Å². The van der Waals surface area contributed by atoms with Gasteiger partial charge in [-0.25, -0.2) is 13.6 Å². The van der Waals surface area contributed by atoms with E-state index in [1.165, 1.54) is 6.07 Å². The number of nitriles is 1. The van der Waals surface area contributed by atoms with Crippen molar-refractivity contribution in [2.75, 3.05) is 7.11 Å². The van der Waals surface area contributed by atoms with Gasteiger partial charge in [-0.05, 0) is 24.1 Å². The number of carbonyl (C=O) groups excluding carboxylic acids is 1. The van der Waals surface area contributed by atoms with E-state index in [1.807, 2.05) is 6.07 Å². The molecular formula is C12H11F2NO2. The third kappa shape index (κ3) is 2.59. The lowest BCUT2D eigenvalue weighted by atomic mass is 9.96. The maximum atomic E-state index is 12.8.